The third-order valence-electron chi connectivity index (χ3n) is 3.29. The van der Waals surface area contributed by atoms with E-state index in [-0.39, 0.29) is 18.2 Å². The van der Waals surface area contributed by atoms with Gasteiger partial charge in [0.15, 0.2) is 5.82 Å². The van der Waals surface area contributed by atoms with Crippen LogP contribution >= 0.6 is 23.1 Å². The largest absolute Gasteiger partial charge is 0.382 e. The van der Waals surface area contributed by atoms with Gasteiger partial charge in [-0.15, -0.1) is 23.1 Å². The summed E-state index contributed by atoms with van der Waals surface area (Å²) in [6, 6.07) is 0. The predicted octanol–water partition coefficient (Wildman–Crippen LogP) is 2.79. The Morgan fingerprint density at radius 1 is 1.36 bits per heavy atom. The number of alkyl halides is 1. The Morgan fingerprint density at radius 2 is 2.14 bits per heavy atom. The summed E-state index contributed by atoms with van der Waals surface area (Å²) in [5.41, 5.74) is 7.12. The molecule has 2 rings (SSSR count). The summed E-state index contributed by atoms with van der Waals surface area (Å²) < 4.78 is 20.0. The number of imidazole rings is 1. The third-order valence-corrected chi connectivity index (χ3v) is 5.70. The monoisotopic (exact) mass is 345 g/mol. The molecule has 0 saturated heterocycles. The number of nitrogen functional groups attached to an aromatic ring is 1. The Bertz CT molecular complexity index is 657. The van der Waals surface area contributed by atoms with Gasteiger partial charge in [0.05, 0.1) is 17.5 Å². The molecule has 2 aliphatic heterocycles. The van der Waals surface area contributed by atoms with Crippen molar-refractivity contribution in [1.29, 1.82) is 0 Å². The molecule has 22 heavy (non-hydrogen) atoms. The van der Waals surface area contributed by atoms with E-state index in [0.717, 1.165) is 27.0 Å². The fraction of sp³-hybridized carbons (Fsp3) is 0.571. The minimum Gasteiger partial charge on any atom is -0.382 e. The van der Waals surface area contributed by atoms with Crippen LogP contribution in [0.1, 0.15) is 23.4 Å². The first kappa shape index (κ1) is 17.2. The van der Waals surface area contributed by atoms with Crippen molar-refractivity contribution in [3.8, 4) is 5.69 Å². The van der Waals surface area contributed by atoms with Crippen LogP contribution in [0.3, 0.4) is 0 Å². The molecule has 2 heterocycles. The first-order chi connectivity index (χ1) is 10.6. The predicted molar refractivity (Wildman–Crippen MR) is 89.5 cm³/mol. The van der Waals surface area contributed by atoms with E-state index in [0.29, 0.717) is 25.3 Å². The smallest absolute Gasteiger partial charge is 0.354 e. The van der Waals surface area contributed by atoms with Crippen molar-refractivity contribution in [1.82, 2.24) is 9.55 Å². The van der Waals surface area contributed by atoms with Gasteiger partial charge in [0.1, 0.15) is 5.69 Å². The number of nitrogens with zero attached hydrogens (tertiary/aromatic N) is 2. The molecular formula is C14H20FN3O2S2. The van der Waals surface area contributed by atoms with Crippen molar-refractivity contribution in [3.63, 3.8) is 0 Å². The zero-order valence-electron chi connectivity index (χ0n) is 12.7. The minimum absolute atomic E-state index is 0.274. The standard InChI is InChI=1S/C14H20FN3O2S2/c1-9-10(2)22-13(11-12(16)17-14(19)18(9)11)21-8-7-20-6-4-3-5-15/h3-8H2,1-2H3,(H2,16,17,19). The summed E-state index contributed by atoms with van der Waals surface area (Å²) in [4.78, 5) is 16.8. The topological polar surface area (TPSA) is 70.1 Å². The first-order valence-corrected chi connectivity index (χ1v) is 8.91. The molecule has 0 amide bonds. The molecule has 122 valence electrons. The Morgan fingerprint density at radius 3 is 2.86 bits per heavy atom. The lowest BCUT2D eigenvalue weighted by Crippen LogP contribution is -2.17. The summed E-state index contributed by atoms with van der Waals surface area (Å²) in [5, 5.41) is 0. The van der Waals surface area contributed by atoms with Crippen LogP contribution in [0.25, 0.3) is 5.69 Å². The van der Waals surface area contributed by atoms with Gasteiger partial charge < -0.3 is 10.5 Å². The van der Waals surface area contributed by atoms with Gasteiger partial charge >= 0.3 is 5.69 Å². The highest BCUT2D eigenvalue weighted by Crippen LogP contribution is 2.36. The van der Waals surface area contributed by atoms with Crippen LogP contribution in [0.4, 0.5) is 10.2 Å². The highest BCUT2D eigenvalue weighted by molar-refractivity contribution is 8.01. The van der Waals surface area contributed by atoms with Gasteiger partial charge in [-0.25, -0.2) is 4.79 Å². The number of thioether (sulfide) groups is 1. The molecule has 0 fully saturated rings. The molecule has 0 aromatic rings. The van der Waals surface area contributed by atoms with E-state index in [1.807, 2.05) is 13.8 Å². The Kier molecular flexibility index (Phi) is 6.22. The Balaban J connectivity index is 2.02. The van der Waals surface area contributed by atoms with E-state index in [4.69, 9.17) is 10.5 Å². The van der Waals surface area contributed by atoms with E-state index < -0.39 is 0 Å². The van der Waals surface area contributed by atoms with Crippen LogP contribution in [0.15, 0.2) is 9.00 Å². The van der Waals surface area contributed by atoms with Crippen LogP contribution in [-0.2, 0) is 4.74 Å². The van der Waals surface area contributed by atoms with Gasteiger partial charge in [-0.3, -0.25) is 8.96 Å². The fourth-order valence-corrected chi connectivity index (χ4v) is 4.42. The van der Waals surface area contributed by atoms with Crippen molar-refractivity contribution in [2.24, 2.45) is 0 Å². The average molecular weight is 345 g/mol. The van der Waals surface area contributed by atoms with E-state index in [1.165, 1.54) is 0 Å². The van der Waals surface area contributed by atoms with E-state index in [2.05, 4.69) is 4.98 Å². The molecular weight excluding hydrogens is 325 g/mol. The van der Waals surface area contributed by atoms with Crippen LogP contribution in [-0.4, -0.2) is 35.2 Å². The number of fused-ring (bicyclic) bond motifs is 1. The quantitative estimate of drug-likeness (QED) is 0.588. The van der Waals surface area contributed by atoms with Crippen LogP contribution in [0, 0.1) is 13.8 Å². The number of hydrogen-bond acceptors (Lipinski definition) is 6. The first-order valence-electron chi connectivity index (χ1n) is 7.11. The zero-order valence-corrected chi connectivity index (χ0v) is 14.4. The number of ether oxygens (including phenoxy) is 1. The molecule has 2 N–H and O–H groups in total. The number of nitrogens with two attached hydrogens (primary N) is 1. The number of rotatable bonds is 8. The molecule has 0 unspecified atom stereocenters. The lowest BCUT2D eigenvalue weighted by Gasteiger charge is -2.14. The Hall–Kier alpha value is -1.12. The van der Waals surface area contributed by atoms with Crippen LogP contribution < -0.4 is 11.4 Å². The number of aromatic nitrogens is 2. The van der Waals surface area contributed by atoms with Gasteiger partial charge in [0.25, 0.3) is 0 Å². The number of aryl methyl sites for hydroxylation is 1. The van der Waals surface area contributed by atoms with Crippen molar-refractivity contribution in [2.45, 2.75) is 30.9 Å². The molecule has 0 bridgehead atoms. The number of halogens is 1. The number of hydrogen-bond donors (Lipinski definition) is 1. The molecule has 0 atom stereocenters. The second-order valence-corrected chi connectivity index (χ2v) is 7.44. The van der Waals surface area contributed by atoms with Gasteiger partial charge in [0.2, 0.25) is 0 Å². The van der Waals surface area contributed by atoms with Crippen LogP contribution in [0.2, 0.25) is 0 Å². The second-order valence-electron chi connectivity index (χ2n) is 4.85. The van der Waals surface area contributed by atoms with Crippen molar-refractivity contribution in [2.75, 3.05) is 31.4 Å². The van der Waals surface area contributed by atoms with Gasteiger partial charge in [-0.1, -0.05) is 0 Å². The van der Waals surface area contributed by atoms with Crippen molar-refractivity contribution in [3.05, 3.63) is 21.1 Å². The highest BCUT2D eigenvalue weighted by atomic mass is 32.2. The summed E-state index contributed by atoms with van der Waals surface area (Å²) >= 11 is 3.21. The van der Waals surface area contributed by atoms with Gasteiger partial charge in [-0.2, -0.15) is 4.98 Å². The lowest BCUT2D eigenvalue weighted by molar-refractivity contribution is 0.144. The second kappa shape index (κ2) is 7.94. The maximum Gasteiger partial charge on any atom is 0.354 e. The normalized spacial score (nSPS) is 11.4. The SMILES string of the molecule is Cc1sc(SCCOCCCCF)c2c(N)nc(=O)n-2c1C. The maximum atomic E-state index is 11.9. The molecule has 0 aromatic carbocycles. The summed E-state index contributed by atoms with van der Waals surface area (Å²) in [5.74, 6) is 1.03. The fourth-order valence-electron chi connectivity index (χ4n) is 2.03. The minimum atomic E-state index is -0.328. The molecule has 5 nitrogen and oxygen atoms in total. The molecule has 0 radical (unpaired) electrons. The zero-order chi connectivity index (χ0) is 16.1. The lowest BCUT2D eigenvalue weighted by atomic mass is 10.3. The average Bonchev–Trinajstić information content (AvgIpc) is 2.78. The van der Waals surface area contributed by atoms with E-state index in [9.17, 15) is 9.18 Å². The molecule has 0 aliphatic carbocycles. The molecule has 0 saturated carbocycles. The van der Waals surface area contributed by atoms with E-state index >= 15 is 0 Å². The summed E-state index contributed by atoms with van der Waals surface area (Å²) in [7, 11) is 0. The third kappa shape index (κ3) is 3.80. The summed E-state index contributed by atoms with van der Waals surface area (Å²) in [6.07, 6.45) is 1.29. The highest BCUT2D eigenvalue weighted by Gasteiger charge is 2.21. The molecule has 0 aromatic heterocycles. The Labute approximate surface area is 137 Å². The molecule has 2 aliphatic rings. The summed E-state index contributed by atoms with van der Waals surface area (Å²) in [6.45, 7) is 4.74. The van der Waals surface area contributed by atoms with Crippen molar-refractivity contribution >= 4 is 28.9 Å². The van der Waals surface area contributed by atoms with Crippen LogP contribution in [0.5, 0.6) is 0 Å². The number of unbranched alkanes of at least 4 members (excludes halogenated alkanes) is 1. The molecule has 8 heteroatoms. The number of anilines is 1. The maximum absolute atomic E-state index is 11.9. The van der Waals surface area contributed by atoms with E-state index in [1.54, 1.807) is 27.7 Å². The van der Waals surface area contributed by atoms with Gasteiger partial charge in [-0.05, 0) is 26.7 Å². The molecule has 0 spiro atoms. The van der Waals surface area contributed by atoms with Crippen molar-refractivity contribution < 1.29 is 9.13 Å². The van der Waals surface area contributed by atoms with Gasteiger partial charge in [0, 0.05) is 22.9 Å².